The summed E-state index contributed by atoms with van der Waals surface area (Å²) in [4.78, 5) is 28.0. The molecule has 6 heteroatoms. The average Bonchev–Trinajstić information content (AvgIpc) is 3.10. The van der Waals surface area contributed by atoms with Crippen LogP contribution in [-0.2, 0) is 21.7 Å². The highest BCUT2D eigenvalue weighted by Crippen LogP contribution is 2.19. The molecule has 0 saturated heterocycles. The fourth-order valence-corrected chi connectivity index (χ4v) is 3.54. The van der Waals surface area contributed by atoms with Crippen LogP contribution >= 0.6 is 11.8 Å². The molecule has 0 aliphatic heterocycles. The number of aromatic amines is 1. The summed E-state index contributed by atoms with van der Waals surface area (Å²) < 4.78 is 4.89. The van der Waals surface area contributed by atoms with Crippen LogP contribution in [0.15, 0.2) is 54.7 Å². The van der Waals surface area contributed by atoms with Gasteiger partial charge in [0.25, 0.3) is 5.91 Å². The summed E-state index contributed by atoms with van der Waals surface area (Å²) in [5, 5.41) is 3.84. The molecular weight excluding hydrogens is 360 g/mol. The van der Waals surface area contributed by atoms with Crippen LogP contribution in [0.4, 0.5) is 0 Å². The first kappa shape index (κ1) is 19.0. The van der Waals surface area contributed by atoms with Crippen molar-refractivity contribution in [2.45, 2.75) is 18.2 Å². The van der Waals surface area contributed by atoms with E-state index in [1.165, 1.54) is 7.11 Å². The standard InChI is InChI=1S/C21H22N2O3S/c1-26-21(25)19(11-16-12-22-18-6-4-3-5-17(16)18)23-20(24)15-9-7-14(8-10-15)13-27-2/h3-10,12,19,22H,11,13H2,1-2H3,(H,23,24)/t19-/m1/s1. The van der Waals surface area contributed by atoms with Gasteiger partial charge in [0, 0.05) is 34.8 Å². The maximum atomic E-state index is 12.6. The number of H-pyrrole nitrogens is 1. The quantitative estimate of drug-likeness (QED) is 0.613. The van der Waals surface area contributed by atoms with Crippen LogP contribution < -0.4 is 5.32 Å². The summed E-state index contributed by atoms with van der Waals surface area (Å²) in [6.07, 6.45) is 4.25. The second-order valence-electron chi connectivity index (χ2n) is 6.24. The molecule has 2 aromatic carbocycles. The summed E-state index contributed by atoms with van der Waals surface area (Å²) in [5.41, 5.74) is 3.62. The first-order chi connectivity index (χ1) is 13.1. The molecule has 0 saturated carbocycles. The van der Waals surface area contributed by atoms with Gasteiger partial charge >= 0.3 is 5.97 Å². The first-order valence-electron chi connectivity index (χ1n) is 8.64. The number of ether oxygens (including phenoxy) is 1. The lowest BCUT2D eigenvalue weighted by atomic mass is 10.0. The lowest BCUT2D eigenvalue weighted by Gasteiger charge is -2.16. The smallest absolute Gasteiger partial charge is 0.328 e. The van der Waals surface area contributed by atoms with Gasteiger partial charge in [-0.1, -0.05) is 30.3 Å². The van der Waals surface area contributed by atoms with E-state index in [9.17, 15) is 9.59 Å². The summed E-state index contributed by atoms with van der Waals surface area (Å²) in [7, 11) is 1.33. The Morgan fingerprint density at radius 1 is 1.15 bits per heavy atom. The molecule has 2 N–H and O–H groups in total. The maximum absolute atomic E-state index is 12.6. The van der Waals surface area contributed by atoms with Crippen LogP contribution in [0.1, 0.15) is 21.5 Å². The first-order valence-corrected chi connectivity index (χ1v) is 10.0. The van der Waals surface area contributed by atoms with Gasteiger partial charge in [-0.25, -0.2) is 4.79 Å². The van der Waals surface area contributed by atoms with E-state index in [0.29, 0.717) is 12.0 Å². The monoisotopic (exact) mass is 382 g/mol. The van der Waals surface area contributed by atoms with Gasteiger partial charge in [-0.2, -0.15) is 11.8 Å². The Balaban J connectivity index is 1.76. The predicted molar refractivity (Wildman–Crippen MR) is 109 cm³/mol. The third-order valence-corrected chi connectivity index (χ3v) is 5.04. The zero-order valence-corrected chi connectivity index (χ0v) is 16.1. The van der Waals surface area contributed by atoms with E-state index in [2.05, 4.69) is 10.3 Å². The van der Waals surface area contributed by atoms with Crippen molar-refractivity contribution >= 4 is 34.5 Å². The van der Waals surface area contributed by atoms with Crippen molar-refractivity contribution < 1.29 is 14.3 Å². The van der Waals surface area contributed by atoms with E-state index >= 15 is 0 Å². The highest BCUT2D eigenvalue weighted by Gasteiger charge is 2.23. The van der Waals surface area contributed by atoms with E-state index in [4.69, 9.17) is 4.74 Å². The minimum atomic E-state index is -0.757. The van der Waals surface area contributed by atoms with E-state index in [0.717, 1.165) is 27.8 Å². The minimum absolute atomic E-state index is 0.291. The molecule has 0 radical (unpaired) electrons. The molecule has 0 spiro atoms. The summed E-state index contributed by atoms with van der Waals surface area (Å²) in [6, 6.07) is 14.5. The molecule has 27 heavy (non-hydrogen) atoms. The van der Waals surface area contributed by atoms with Crippen LogP contribution in [0, 0.1) is 0 Å². The van der Waals surface area contributed by atoms with Gasteiger partial charge in [-0.05, 0) is 35.6 Å². The van der Waals surface area contributed by atoms with E-state index in [-0.39, 0.29) is 5.91 Å². The number of para-hydroxylation sites is 1. The number of rotatable bonds is 7. The largest absolute Gasteiger partial charge is 0.467 e. The lowest BCUT2D eigenvalue weighted by molar-refractivity contribution is -0.142. The number of hydrogen-bond donors (Lipinski definition) is 2. The number of benzene rings is 2. The highest BCUT2D eigenvalue weighted by molar-refractivity contribution is 7.97. The molecule has 0 unspecified atom stereocenters. The van der Waals surface area contributed by atoms with Crippen LogP contribution in [0.5, 0.6) is 0 Å². The molecule has 0 fully saturated rings. The number of aromatic nitrogens is 1. The second kappa shape index (κ2) is 8.77. The molecule has 0 bridgehead atoms. The number of methoxy groups -OCH3 is 1. The molecule has 140 valence electrons. The zero-order chi connectivity index (χ0) is 19.2. The maximum Gasteiger partial charge on any atom is 0.328 e. The zero-order valence-electron chi connectivity index (χ0n) is 15.3. The molecular formula is C21H22N2O3S. The van der Waals surface area contributed by atoms with E-state index in [1.807, 2.05) is 48.9 Å². The van der Waals surface area contributed by atoms with Gasteiger partial charge in [0.05, 0.1) is 7.11 Å². The Morgan fingerprint density at radius 2 is 1.89 bits per heavy atom. The van der Waals surface area contributed by atoms with Gasteiger partial charge in [0.1, 0.15) is 6.04 Å². The fourth-order valence-electron chi connectivity index (χ4n) is 3.02. The number of thioether (sulfide) groups is 1. The van der Waals surface area contributed by atoms with Crippen LogP contribution in [-0.4, -0.2) is 36.3 Å². The molecule has 3 rings (SSSR count). The van der Waals surface area contributed by atoms with Gasteiger partial charge in [-0.15, -0.1) is 0 Å². The Morgan fingerprint density at radius 3 is 2.59 bits per heavy atom. The molecule has 5 nitrogen and oxygen atoms in total. The van der Waals surface area contributed by atoms with Crippen molar-refractivity contribution in [2.75, 3.05) is 13.4 Å². The number of amides is 1. The summed E-state index contributed by atoms with van der Waals surface area (Å²) in [5.74, 6) is 0.140. The molecule has 3 aromatic rings. The number of carbonyl (C=O) groups is 2. The SMILES string of the molecule is COC(=O)[C@@H](Cc1c[nH]c2ccccc12)NC(=O)c1ccc(CSC)cc1. The Labute approximate surface area is 162 Å². The van der Waals surface area contributed by atoms with E-state index in [1.54, 1.807) is 23.9 Å². The molecule has 1 aromatic heterocycles. The van der Waals surface area contributed by atoms with E-state index < -0.39 is 12.0 Å². The Hall–Kier alpha value is -2.73. The normalized spacial score (nSPS) is 11.9. The van der Waals surface area contributed by atoms with Gasteiger partial charge in [0.15, 0.2) is 0 Å². The number of hydrogen-bond acceptors (Lipinski definition) is 4. The molecule has 0 aliphatic carbocycles. The van der Waals surface area contributed by atoms with Crippen molar-refractivity contribution in [3.8, 4) is 0 Å². The third-order valence-electron chi connectivity index (χ3n) is 4.42. The molecule has 0 aliphatic rings. The number of esters is 1. The summed E-state index contributed by atoms with van der Waals surface area (Å²) >= 11 is 1.72. The number of nitrogens with one attached hydrogen (secondary N) is 2. The van der Waals surface area contributed by atoms with Crippen molar-refractivity contribution in [3.63, 3.8) is 0 Å². The lowest BCUT2D eigenvalue weighted by Crippen LogP contribution is -2.43. The Kier molecular flexibility index (Phi) is 6.19. The van der Waals surface area contributed by atoms with Crippen LogP contribution in [0.2, 0.25) is 0 Å². The second-order valence-corrected chi connectivity index (χ2v) is 7.11. The van der Waals surface area contributed by atoms with Crippen LogP contribution in [0.25, 0.3) is 10.9 Å². The minimum Gasteiger partial charge on any atom is -0.467 e. The van der Waals surface area contributed by atoms with Crippen molar-refractivity contribution in [1.82, 2.24) is 10.3 Å². The fraction of sp³-hybridized carbons (Fsp3) is 0.238. The Bertz CT molecular complexity index is 934. The van der Waals surface area contributed by atoms with Crippen molar-refractivity contribution in [3.05, 3.63) is 71.4 Å². The van der Waals surface area contributed by atoms with Crippen LogP contribution in [0.3, 0.4) is 0 Å². The molecule has 1 atom stereocenters. The molecule has 1 heterocycles. The average molecular weight is 382 g/mol. The third kappa shape index (κ3) is 4.52. The van der Waals surface area contributed by atoms with Gasteiger partial charge in [0.2, 0.25) is 0 Å². The van der Waals surface area contributed by atoms with Gasteiger partial charge in [-0.3, -0.25) is 4.79 Å². The van der Waals surface area contributed by atoms with Gasteiger partial charge < -0.3 is 15.0 Å². The summed E-state index contributed by atoms with van der Waals surface area (Å²) in [6.45, 7) is 0. The number of fused-ring (bicyclic) bond motifs is 1. The highest BCUT2D eigenvalue weighted by atomic mass is 32.2. The topological polar surface area (TPSA) is 71.2 Å². The molecule has 1 amide bonds. The number of carbonyl (C=O) groups excluding carboxylic acids is 2. The van der Waals surface area contributed by atoms with Crippen molar-refractivity contribution in [2.24, 2.45) is 0 Å². The predicted octanol–water partition coefficient (Wildman–Crippen LogP) is 3.55. The van der Waals surface area contributed by atoms with Crippen molar-refractivity contribution in [1.29, 1.82) is 0 Å².